The molecule has 1 aromatic carbocycles. The van der Waals surface area contributed by atoms with Crippen molar-refractivity contribution in [1.29, 1.82) is 0 Å². The summed E-state index contributed by atoms with van der Waals surface area (Å²) >= 11 is 0. The average molecular weight is 285 g/mol. The van der Waals surface area contributed by atoms with E-state index >= 15 is 0 Å². The molecule has 0 aliphatic heterocycles. The summed E-state index contributed by atoms with van der Waals surface area (Å²) in [6.45, 7) is 4.31. The zero-order valence-corrected chi connectivity index (χ0v) is 11.8. The molecule has 19 heavy (non-hydrogen) atoms. The number of nitrogens with two attached hydrogens (primary N) is 1. The van der Waals surface area contributed by atoms with Crippen molar-refractivity contribution in [1.82, 2.24) is 10.0 Å². The van der Waals surface area contributed by atoms with Gasteiger partial charge in [-0.1, -0.05) is 19.1 Å². The molecule has 1 aromatic rings. The van der Waals surface area contributed by atoms with E-state index in [1.54, 1.807) is 12.1 Å². The fraction of sp³-hybridized carbons (Fsp3) is 0.417. The second-order valence-electron chi connectivity index (χ2n) is 4.14. The van der Waals surface area contributed by atoms with E-state index in [1.165, 1.54) is 6.07 Å². The number of benzene rings is 1. The van der Waals surface area contributed by atoms with E-state index < -0.39 is 22.5 Å². The minimum atomic E-state index is -3.70. The Balaban J connectivity index is 2.95. The molecule has 0 spiro atoms. The summed E-state index contributed by atoms with van der Waals surface area (Å²) in [6, 6.07) is 6.63. The van der Waals surface area contributed by atoms with Gasteiger partial charge in [0.2, 0.25) is 15.9 Å². The minimum absolute atomic E-state index is 0.0521. The molecule has 106 valence electrons. The molecule has 0 aliphatic carbocycles. The van der Waals surface area contributed by atoms with Crippen LogP contribution in [0.5, 0.6) is 0 Å². The fourth-order valence-electron chi connectivity index (χ4n) is 1.62. The predicted octanol–water partition coefficient (Wildman–Crippen LogP) is 0.121. The summed E-state index contributed by atoms with van der Waals surface area (Å²) in [5, 5.41) is 3.20. The quantitative estimate of drug-likeness (QED) is 0.662. The molecule has 6 nitrogen and oxygen atoms in total. The highest BCUT2D eigenvalue weighted by Crippen LogP contribution is 2.17. The van der Waals surface area contributed by atoms with Crippen molar-refractivity contribution in [3.05, 3.63) is 29.8 Å². The van der Waals surface area contributed by atoms with E-state index in [0.29, 0.717) is 0 Å². The van der Waals surface area contributed by atoms with Crippen LogP contribution in [-0.4, -0.2) is 27.4 Å². The Morgan fingerprint density at radius 2 is 2.11 bits per heavy atom. The number of carbonyl (C=O) groups excluding carboxylic acids is 1. The molecule has 1 atom stereocenters. The van der Waals surface area contributed by atoms with Gasteiger partial charge in [-0.3, -0.25) is 4.79 Å². The van der Waals surface area contributed by atoms with Crippen molar-refractivity contribution in [2.24, 2.45) is 5.73 Å². The van der Waals surface area contributed by atoms with Crippen molar-refractivity contribution >= 4 is 15.9 Å². The van der Waals surface area contributed by atoms with Gasteiger partial charge in [-0.05, 0) is 31.2 Å². The summed E-state index contributed by atoms with van der Waals surface area (Å²) in [5.41, 5.74) is 5.78. The van der Waals surface area contributed by atoms with E-state index in [0.717, 1.165) is 12.1 Å². The Bertz CT molecular complexity index is 543. The first-order chi connectivity index (χ1) is 8.86. The fourth-order valence-corrected chi connectivity index (χ4v) is 2.67. The standard InChI is InChI=1S/C12H19N3O3S/c1-3-14-9(2)10-5-4-6-11(7-10)19(17,18)15-8-12(13)16/h4-7,9,14-15H,3,8H2,1-2H3,(H2,13,16). The molecular formula is C12H19N3O3S. The summed E-state index contributed by atoms with van der Waals surface area (Å²) in [4.78, 5) is 10.7. The van der Waals surface area contributed by atoms with E-state index in [2.05, 4.69) is 10.0 Å². The molecule has 1 rings (SSSR count). The molecule has 0 saturated heterocycles. The highest BCUT2D eigenvalue weighted by molar-refractivity contribution is 7.89. The third kappa shape index (κ3) is 4.62. The number of amides is 1. The minimum Gasteiger partial charge on any atom is -0.369 e. The number of carbonyl (C=O) groups is 1. The Hall–Kier alpha value is -1.44. The molecule has 0 bridgehead atoms. The smallest absolute Gasteiger partial charge is 0.241 e. The number of rotatable bonds is 7. The Morgan fingerprint density at radius 1 is 1.42 bits per heavy atom. The summed E-state index contributed by atoms with van der Waals surface area (Å²) < 4.78 is 26.0. The van der Waals surface area contributed by atoms with Crippen LogP contribution < -0.4 is 15.8 Å². The number of sulfonamides is 1. The first kappa shape index (κ1) is 15.6. The van der Waals surface area contributed by atoms with Gasteiger partial charge in [-0.15, -0.1) is 0 Å². The lowest BCUT2D eigenvalue weighted by molar-refractivity contribution is -0.116. The maximum atomic E-state index is 11.9. The zero-order valence-electron chi connectivity index (χ0n) is 11.0. The van der Waals surface area contributed by atoms with Crippen LogP contribution in [0.15, 0.2) is 29.2 Å². The monoisotopic (exact) mass is 285 g/mol. The van der Waals surface area contributed by atoms with Crippen LogP contribution in [0.3, 0.4) is 0 Å². The molecule has 0 aliphatic rings. The van der Waals surface area contributed by atoms with Crippen molar-refractivity contribution < 1.29 is 13.2 Å². The van der Waals surface area contributed by atoms with Crippen molar-refractivity contribution in [3.63, 3.8) is 0 Å². The summed E-state index contributed by atoms with van der Waals surface area (Å²) in [7, 11) is -3.70. The average Bonchev–Trinajstić information content (AvgIpc) is 2.37. The van der Waals surface area contributed by atoms with Crippen LogP contribution in [0.4, 0.5) is 0 Å². The highest BCUT2D eigenvalue weighted by atomic mass is 32.2. The third-order valence-electron chi connectivity index (χ3n) is 2.62. The lowest BCUT2D eigenvalue weighted by Crippen LogP contribution is -2.33. The Labute approximate surface area is 113 Å². The van der Waals surface area contributed by atoms with Crippen molar-refractivity contribution in [2.45, 2.75) is 24.8 Å². The molecular weight excluding hydrogens is 266 g/mol. The first-order valence-corrected chi connectivity index (χ1v) is 7.46. The summed E-state index contributed by atoms with van der Waals surface area (Å²) in [5.74, 6) is -0.722. The van der Waals surface area contributed by atoms with Crippen LogP contribution in [0.25, 0.3) is 0 Å². The van der Waals surface area contributed by atoms with E-state index in [1.807, 2.05) is 19.9 Å². The second kappa shape index (κ2) is 6.65. The molecule has 0 saturated carbocycles. The van der Waals surface area contributed by atoms with Crippen molar-refractivity contribution in [3.8, 4) is 0 Å². The number of primary amides is 1. The van der Waals surface area contributed by atoms with Gasteiger partial charge in [-0.2, -0.15) is 0 Å². The number of nitrogens with one attached hydrogen (secondary N) is 2. The van der Waals surface area contributed by atoms with Gasteiger partial charge in [0, 0.05) is 6.04 Å². The molecule has 1 unspecified atom stereocenters. The molecule has 4 N–H and O–H groups in total. The number of hydrogen-bond donors (Lipinski definition) is 3. The van der Waals surface area contributed by atoms with Crippen LogP contribution in [0, 0.1) is 0 Å². The van der Waals surface area contributed by atoms with Crippen LogP contribution in [0.2, 0.25) is 0 Å². The maximum Gasteiger partial charge on any atom is 0.241 e. The largest absolute Gasteiger partial charge is 0.369 e. The van der Waals surface area contributed by atoms with Gasteiger partial charge in [0.15, 0.2) is 0 Å². The van der Waals surface area contributed by atoms with Gasteiger partial charge in [0.05, 0.1) is 11.4 Å². The Kier molecular flexibility index (Phi) is 5.46. The van der Waals surface area contributed by atoms with E-state index in [-0.39, 0.29) is 10.9 Å². The van der Waals surface area contributed by atoms with E-state index in [4.69, 9.17) is 5.73 Å². The predicted molar refractivity (Wildman–Crippen MR) is 72.9 cm³/mol. The van der Waals surface area contributed by atoms with Crippen molar-refractivity contribution in [2.75, 3.05) is 13.1 Å². The van der Waals surface area contributed by atoms with Crippen LogP contribution in [-0.2, 0) is 14.8 Å². The second-order valence-corrected chi connectivity index (χ2v) is 5.91. The highest BCUT2D eigenvalue weighted by Gasteiger charge is 2.16. The molecule has 0 radical (unpaired) electrons. The topological polar surface area (TPSA) is 101 Å². The van der Waals surface area contributed by atoms with Gasteiger partial charge >= 0.3 is 0 Å². The van der Waals surface area contributed by atoms with Gasteiger partial charge < -0.3 is 11.1 Å². The third-order valence-corrected chi connectivity index (χ3v) is 4.01. The summed E-state index contributed by atoms with van der Waals surface area (Å²) in [6.07, 6.45) is 0. The maximum absolute atomic E-state index is 11.9. The van der Waals surface area contributed by atoms with Gasteiger partial charge in [0.1, 0.15) is 0 Å². The Morgan fingerprint density at radius 3 is 2.68 bits per heavy atom. The normalized spacial score (nSPS) is 13.2. The molecule has 1 amide bonds. The van der Waals surface area contributed by atoms with Gasteiger partial charge in [0.25, 0.3) is 0 Å². The number of hydrogen-bond acceptors (Lipinski definition) is 4. The molecule has 0 fully saturated rings. The molecule has 7 heteroatoms. The van der Waals surface area contributed by atoms with E-state index in [9.17, 15) is 13.2 Å². The molecule has 0 heterocycles. The van der Waals surface area contributed by atoms with Crippen LogP contribution in [0.1, 0.15) is 25.5 Å². The van der Waals surface area contributed by atoms with Crippen LogP contribution >= 0.6 is 0 Å². The zero-order chi connectivity index (χ0) is 14.5. The first-order valence-electron chi connectivity index (χ1n) is 5.98. The lowest BCUT2D eigenvalue weighted by Gasteiger charge is -2.14. The molecule has 0 aromatic heterocycles. The SMILES string of the molecule is CCNC(C)c1cccc(S(=O)(=O)NCC(N)=O)c1. The lowest BCUT2D eigenvalue weighted by atomic mass is 10.1. The van der Waals surface area contributed by atoms with Gasteiger partial charge in [-0.25, -0.2) is 13.1 Å².